The Labute approximate surface area is 494 Å². The fourth-order valence-electron chi connectivity index (χ4n) is 7.83. The van der Waals surface area contributed by atoms with Crippen molar-refractivity contribution in [1.29, 1.82) is 0 Å². The first-order chi connectivity index (χ1) is 39.3. The topological polar surface area (TPSA) is 456 Å². The van der Waals surface area contributed by atoms with E-state index in [9.17, 15) is 67.1 Å². The van der Waals surface area contributed by atoms with Crippen LogP contribution in [0.4, 0.5) is 0 Å². The van der Waals surface area contributed by atoms with Gasteiger partial charge in [-0.25, -0.2) is 0 Å². The number of amides is 8. The van der Waals surface area contributed by atoms with E-state index < -0.39 is 145 Å². The number of ketones is 1. The quantitative estimate of drug-likeness (QED) is 0.0308. The van der Waals surface area contributed by atoms with Crippen LogP contribution in [0.5, 0.6) is 0 Å². The number of carboxylic acid groups (broad SMARTS) is 4. The van der Waals surface area contributed by atoms with Crippen molar-refractivity contribution in [2.45, 2.75) is 252 Å². The third-order valence-electron chi connectivity index (χ3n) is 13.2. The van der Waals surface area contributed by atoms with Crippen molar-refractivity contribution in [3.8, 4) is 0 Å². The molecule has 0 unspecified atom stereocenters. The number of nitrogens with one attached hydrogen (secondary N) is 7. The standard InChI is InChI=1S/C24H44N6O6.C17H24N2O11.C16H33NO/c1-11(2)17(25)22(34)29-19(13(5)6)24(36)30-18(12(3)4)23(35)28-16(9)21(33)27-15(8)20(32)26-14(7)10-31;20-8-18-11(3-6-15(26)27)16(28)19-10(2-5-14(24)25)12(21)7-9(17(29)30)1-4-13(22)23;1-2-3-4-5-6-7-8-9-10-11-12-13-14-15-16(17)18/h10-19H,25H2,1-9H3,(H,26,32)(H,27,33)(H,28,35)(H,29,34)(H,30,36);8-11H,1-7H2,(H,18,20)(H,19,28)(H,22,23)(H,24,25)(H,26,27)(H,29,30);2-15H2,1H3,(H2,17,18)/t14-,15-,16-,17-,18-,19-;9-,10+,11+;/m01./s1. The highest BCUT2D eigenvalue weighted by molar-refractivity contribution is 5.96. The second-order valence-electron chi connectivity index (χ2n) is 22.0. The zero-order valence-electron chi connectivity index (χ0n) is 51.1. The molecule has 0 radical (unpaired) electrons. The summed E-state index contributed by atoms with van der Waals surface area (Å²) in [5, 5.41) is 52.4. The Hall–Kier alpha value is -7.06. The van der Waals surface area contributed by atoms with E-state index in [-0.39, 0.29) is 49.3 Å². The zero-order chi connectivity index (χ0) is 65.1. The van der Waals surface area contributed by atoms with Crippen LogP contribution in [0.15, 0.2) is 0 Å². The van der Waals surface area contributed by atoms with Crippen LogP contribution < -0.4 is 48.7 Å². The predicted molar refractivity (Wildman–Crippen MR) is 311 cm³/mol. The average Bonchev–Trinajstić information content (AvgIpc) is 3.54. The van der Waals surface area contributed by atoms with Gasteiger partial charge in [0.2, 0.25) is 47.8 Å². The Balaban J connectivity index is -0.00000123. The van der Waals surface area contributed by atoms with Gasteiger partial charge in [0.15, 0.2) is 5.78 Å². The van der Waals surface area contributed by atoms with Crippen LogP contribution in [0.1, 0.15) is 204 Å². The van der Waals surface area contributed by atoms with E-state index in [0.29, 0.717) is 12.7 Å². The molecule has 0 rings (SSSR count). The van der Waals surface area contributed by atoms with Gasteiger partial charge in [-0.3, -0.25) is 62.3 Å². The van der Waals surface area contributed by atoms with E-state index in [1.807, 2.05) is 0 Å². The lowest BCUT2D eigenvalue weighted by atomic mass is 9.92. The first-order valence-electron chi connectivity index (χ1n) is 29.2. The zero-order valence-corrected chi connectivity index (χ0v) is 51.1. The van der Waals surface area contributed by atoms with Gasteiger partial charge < -0.3 is 73.9 Å². The van der Waals surface area contributed by atoms with Gasteiger partial charge in [0.05, 0.1) is 24.0 Å². The molecular formula is C57H101N9O18. The molecule has 0 aromatic heterocycles. The summed E-state index contributed by atoms with van der Waals surface area (Å²) in [6.45, 7) is 17.2. The third kappa shape index (κ3) is 41.0. The SMILES string of the molecule is CC(C)[C@H](N)C(=O)N[C@H](C(=O)N[C@H](C(=O)N[C@@H](C)C(=O)N[C@@H](C)C(=O)N[C@@H](C)C=O)C(C)C)C(C)C.CCCCCCCCCCCCCCCC(N)=O.O=CN[C@@H](CCC(=O)O)C(=O)N[C@@H](CCC(=O)O)C(=O)C[C@@H](CCC(=O)O)C(=O)O. The lowest BCUT2D eigenvalue weighted by Crippen LogP contribution is -2.60. The van der Waals surface area contributed by atoms with Crippen LogP contribution in [0, 0.1) is 23.7 Å². The maximum atomic E-state index is 13.0. The predicted octanol–water partition coefficient (Wildman–Crippen LogP) is 2.76. The van der Waals surface area contributed by atoms with Gasteiger partial charge in [-0.2, -0.15) is 0 Å². The number of primary amides is 1. The summed E-state index contributed by atoms with van der Waals surface area (Å²) in [5.74, 6) is -12.0. The minimum absolute atomic E-state index is 0.120. The molecule has 27 heteroatoms. The van der Waals surface area contributed by atoms with Gasteiger partial charge in [-0.15, -0.1) is 0 Å². The van der Waals surface area contributed by atoms with Gasteiger partial charge in [0.1, 0.15) is 36.5 Å². The van der Waals surface area contributed by atoms with Crippen molar-refractivity contribution in [3.05, 3.63) is 0 Å². The smallest absolute Gasteiger partial charge is 0.306 e. The molecule has 0 fully saturated rings. The highest BCUT2D eigenvalue weighted by atomic mass is 16.4. The molecule has 0 saturated carbocycles. The maximum Gasteiger partial charge on any atom is 0.306 e. The molecule has 0 spiro atoms. The number of aldehydes is 1. The van der Waals surface area contributed by atoms with Crippen LogP contribution in [-0.2, 0) is 67.1 Å². The van der Waals surface area contributed by atoms with Crippen LogP contribution >= 0.6 is 0 Å². The number of carboxylic acids is 4. The minimum atomic E-state index is -1.42. The molecule has 84 heavy (non-hydrogen) atoms. The number of unbranched alkanes of at least 4 members (excludes halogenated alkanes) is 12. The molecule has 27 nitrogen and oxygen atoms in total. The Morgan fingerprint density at radius 2 is 0.833 bits per heavy atom. The molecule has 0 aromatic carbocycles. The van der Waals surface area contributed by atoms with Gasteiger partial charge >= 0.3 is 23.9 Å². The third-order valence-corrected chi connectivity index (χ3v) is 13.2. The number of nitrogens with two attached hydrogens (primary N) is 2. The first kappa shape index (κ1) is 81.2. The van der Waals surface area contributed by atoms with E-state index >= 15 is 0 Å². The molecular weight excluding hydrogens is 1100 g/mol. The Bertz CT molecular complexity index is 2070. The summed E-state index contributed by atoms with van der Waals surface area (Å²) in [4.78, 5) is 163. The van der Waals surface area contributed by atoms with Crippen LogP contribution in [0.2, 0.25) is 0 Å². The molecule has 0 bridgehead atoms. The second-order valence-corrected chi connectivity index (χ2v) is 22.0. The molecule has 482 valence electrons. The van der Waals surface area contributed by atoms with E-state index in [1.54, 1.807) is 41.5 Å². The molecule has 0 aliphatic carbocycles. The number of hydrogen-bond donors (Lipinski definition) is 13. The Morgan fingerprint density at radius 3 is 1.23 bits per heavy atom. The van der Waals surface area contributed by atoms with Crippen molar-refractivity contribution in [2.24, 2.45) is 35.1 Å². The lowest BCUT2D eigenvalue weighted by Gasteiger charge is -2.29. The number of carbonyl (C=O) groups is 14. The largest absolute Gasteiger partial charge is 0.481 e. The van der Waals surface area contributed by atoms with Gasteiger partial charge in [0.25, 0.3) is 0 Å². The summed E-state index contributed by atoms with van der Waals surface area (Å²) in [7, 11) is 0. The average molecular weight is 1200 g/mol. The molecule has 0 aromatic rings. The Morgan fingerprint density at radius 1 is 0.440 bits per heavy atom. The summed E-state index contributed by atoms with van der Waals surface area (Å²) in [6.07, 6.45) is 15.5. The molecule has 8 amide bonds. The Kier molecular flexibility index (Phi) is 45.7. The van der Waals surface area contributed by atoms with Crippen molar-refractivity contribution in [3.63, 3.8) is 0 Å². The number of rotatable bonds is 45. The number of aliphatic carboxylic acids is 4. The first-order valence-corrected chi connectivity index (χ1v) is 29.2. The molecule has 0 heterocycles. The summed E-state index contributed by atoms with van der Waals surface area (Å²) in [5.41, 5.74) is 11.0. The molecule has 0 aliphatic rings. The number of hydrogen-bond acceptors (Lipinski definition) is 15. The molecule has 9 atom stereocenters. The van der Waals surface area contributed by atoms with Crippen LogP contribution in [0.3, 0.4) is 0 Å². The van der Waals surface area contributed by atoms with Gasteiger partial charge in [-0.05, 0) is 64.2 Å². The van der Waals surface area contributed by atoms with Gasteiger partial charge in [-0.1, -0.05) is 126 Å². The second kappa shape index (κ2) is 47.3. The summed E-state index contributed by atoms with van der Waals surface area (Å²) < 4.78 is 0. The molecule has 0 saturated heterocycles. The van der Waals surface area contributed by atoms with E-state index in [0.717, 1.165) is 6.42 Å². The van der Waals surface area contributed by atoms with E-state index in [2.05, 4.69) is 44.1 Å². The monoisotopic (exact) mass is 1200 g/mol. The fraction of sp³-hybridized carbons (Fsp3) is 0.754. The fourth-order valence-corrected chi connectivity index (χ4v) is 7.83. The molecule has 15 N–H and O–H groups in total. The lowest BCUT2D eigenvalue weighted by molar-refractivity contribution is -0.146. The van der Waals surface area contributed by atoms with Crippen molar-refractivity contribution in [2.75, 3.05) is 0 Å². The van der Waals surface area contributed by atoms with Crippen LogP contribution in [0.25, 0.3) is 0 Å². The summed E-state index contributed by atoms with van der Waals surface area (Å²) >= 11 is 0. The number of Topliss-reactive ketones (excluding diaryl/α,β-unsaturated/α-hetero) is 1. The normalized spacial score (nSPS) is 14.0. The minimum Gasteiger partial charge on any atom is -0.481 e. The van der Waals surface area contributed by atoms with Crippen LogP contribution in [-0.4, -0.2) is 152 Å². The van der Waals surface area contributed by atoms with E-state index in [1.165, 1.54) is 97.8 Å². The van der Waals surface area contributed by atoms with E-state index in [4.69, 9.17) is 31.9 Å². The van der Waals surface area contributed by atoms with Gasteiger partial charge in [0, 0.05) is 32.1 Å². The highest BCUT2D eigenvalue weighted by Gasteiger charge is 2.34. The summed E-state index contributed by atoms with van der Waals surface area (Å²) in [6, 6.07) is -8.06. The molecule has 0 aliphatic heterocycles. The number of carbonyl (C=O) groups excluding carboxylic acids is 10. The van der Waals surface area contributed by atoms with Crippen molar-refractivity contribution < 1.29 is 87.5 Å². The van der Waals surface area contributed by atoms with Crippen molar-refractivity contribution in [1.82, 2.24) is 37.2 Å². The highest BCUT2D eigenvalue weighted by Crippen LogP contribution is 2.17. The van der Waals surface area contributed by atoms with Crippen molar-refractivity contribution >= 4 is 83.7 Å². The maximum absolute atomic E-state index is 13.0.